The van der Waals surface area contributed by atoms with E-state index in [2.05, 4.69) is 42.0 Å². The zero-order valence-electron chi connectivity index (χ0n) is 13.9. The van der Waals surface area contributed by atoms with Crippen LogP contribution in [0.1, 0.15) is 24.0 Å². The number of aryl methyl sites for hydroxylation is 1. The molecule has 0 saturated carbocycles. The van der Waals surface area contributed by atoms with Crippen LogP contribution in [0.25, 0.3) is 0 Å². The molecule has 1 heterocycles. The first-order chi connectivity index (χ1) is 11.2. The number of rotatable bonds is 9. The highest BCUT2D eigenvalue weighted by Crippen LogP contribution is 2.16. The van der Waals surface area contributed by atoms with E-state index in [9.17, 15) is 5.11 Å². The van der Waals surface area contributed by atoms with Gasteiger partial charge in [0.15, 0.2) is 0 Å². The topological polar surface area (TPSA) is 41.9 Å². The number of terminal acetylenes is 1. The van der Waals surface area contributed by atoms with Crippen LogP contribution in [0, 0.1) is 19.3 Å². The molecule has 1 aliphatic rings. The van der Waals surface area contributed by atoms with E-state index in [1.807, 2.05) is 0 Å². The minimum Gasteiger partial charge on any atom is -0.389 e. The van der Waals surface area contributed by atoms with Gasteiger partial charge in [-0.2, -0.15) is 0 Å². The second-order valence-electron chi connectivity index (χ2n) is 6.19. The molecular weight excluding hydrogens is 290 g/mol. The Balaban J connectivity index is 1.91. The highest BCUT2D eigenvalue weighted by atomic mass is 16.5. The fourth-order valence-corrected chi connectivity index (χ4v) is 2.95. The van der Waals surface area contributed by atoms with E-state index >= 15 is 0 Å². The van der Waals surface area contributed by atoms with E-state index in [4.69, 9.17) is 15.9 Å². The molecule has 0 aromatic heterocycles. The van der Waals surface area contributed by atoms with E-state index in [0.29, 0.717) is 6.54 Å². The first-order valence-corrected chi connectivity index (χ1v) is 8.26. The second-order valence-corrected chi connectivity index (χ2v) is 6.19. The molecule has 0 bridgehead atoms. The Hall–Kier alpha value is -1.38. The normalized spacial score (nSPS) is 19.0. The minimum absolute atomic E-state index is 0.237. The highest BCUT2D eigenvalue weighted by molar-refractivity contribution is 5.22. The monoisotopic (exact) mass is 317 g/mol. The summed E-state index contributed by atoms with van der Waals surface area (Å²) in [6, 6.07) is 8.47. The molecule has 0 aliphatic carbocycles. The maximum absolute atomic E-state index is 10.2. The van der Waals surface area contributed by atoms with Gasteiger partial charge in [-0.1, -0.05) is 35.7 Å². The molecule has 0 amide bonds. The second kappa shape index (κ2) is 9.69. The maximum Gasteiger partial charge on any atom is 0.107 e. The third-order valence-corrected chi connectivity index (χ3v) is 3.94. The van der Waals surface area contributed by atoms with Crippen LogP contribution in [-0.2, 0) is 16.0 Å². The molecule has 4 heteroatoms. The molecule has 1 fully saturated rings. The summed E-state index contributed by atoms with van der Waals surface area (Å²) in [5.74, 6) is 2.41. The van der Waals surface area contributed by atoms with Gasteiger partial charge in [-0.05, 0) is 25.3 Å². The predicted molar refractivity (Wildman–Crippen MR) is 91.1 cm³/mol. The largest absolute Gasteiger partial charge is 0.389 e. The number of benzene rings is 1. The Morgan fingerprint density at radius 3 is 3.09 bits per heavy atom. The van der Waals surface area contributed by atoms with Crippen LogP contribution in [0.4, 0.5) is 0 Å². The predicted octanol–water partition coefficient (Wildman–Crippen LogP) is 1.99. The van der Waals surface area contributed by atoms with Crippen molar-refractivity contribution in [1.82, 2.24) is 4.90 Å². The van der Waals surface area contributed by atoms with Gasteiger partial charge in [-0.25, -0.2) is 0 Å². The minimum atomic E-state index is -0.547. The molecule has 1 aliphatic heterocycles. The summed E-state index contributed by atoms with van der Waals surface area (Å²) in [5.41, 5.74) is 2.50. The molecule has 126 valence electrons. The molecule has 1 N–H and O–H groups in total. The van der Waals surface area contributed by atoms with Crippen LogP contribution in [-0.4, -0.2) is 55.1 Å². The molecular formula is C19H27NO3. The van der Waals surface area contributed by atoms with Gasteiger partial charge < -0.3 is 14.6 Å². The molecule has 4 nitrogen and oxygen atoms in total. The Morgan fingerprint density at radius 2 is 2.39 bits per heavy atom. The van der Waals surface area contributed by atoms with E-state index < -0.39 is 6.10 Å². The van der Waals surface area contributed by atoms with Crippen molar-refractivity contribution in [3.8, 4) is 12.3 Å². The average molecular weight is 317 g/mol. The Morgan fingerprint density at radius 1 is 1.52 bits per heavy atom. The summed E-state index contributed by atoms with van der Waals surface area (Å²) < 4.78 is 11.0. The van der Waals surface area contributed by atoms with Gasteiger partial charge in [0, 0.05) is 26.2 Å². The zero-order valence-corrected chi connectivity index (χ0v) is 13.9. The molecule has 2 atom stereocenters. The van der Waals surface area contributed by atoms with Crippen LogP contribution in [0.5, 0.6) is 0 Å². The summed E-state index contributed by atoms with van der Waals surface area (Å²) in [7, 11) is 0. The van der Waals surface area contributed by atoms with Crippen molar-refractivity contribution in [2.45, 2.75) is 38.5 Å². The first kappa shape index (κ1) is 18.0. The van der Waals surface area contributed by atoms with Crippen molar-refractivity contribution in [2.75, 3.05) is 32.9 Å². The molecule has 0 radical (unpaired) electrons. The third-order valence-electron chi connectivity index (χ3n) is 3.94. The summed E-state index contributed by atoms with van der Waals surface area (Å²) in [6.07, 6.45) is 7.09. The van der Waals surface area contributed by atoms with E-state index in [1.165, 1.54) is 11.1 Å². The SMILES string of the molecule is C#CCOCC(O)CN(Cc1cccc(C)c1)CC1CCCO1. The van der Waals surface area contributed by atoms with Crippen molar-refractivity contribution in [3.63, 3.8) is 0 Å². The van der Waals surface area contributed by atoms with Crippen molar-refractivity contribution < 1.29 is 14.6 Å². The number of aliphatic hydroxyl groups excluding tert-OH is 1. The lowest BCUT2D eigenvalue weighted by Crippen LogP contribution is -2.39. The molecule has 1 aromatic rings. The Kier molecular flexibility index (Phi) is 7.57. The van der Waals surface area contributed by atoms with Crippen LogP contribution < -0.4 is 0 Å². The van der Waals surface area contributed by atoms with Gasteiger partial charge in [-0.3, -0.25) is 4.90 Å². The number of aliphatic hydroxyl groups is 1. The van der Waals surface area contributed by atoms with Gasteiger partial charge in [0.1, 0.15) is 6.61 Å². The van der Waals surface area contributed by atoms with E-state index in [1.54, 1.807) is 0 Å². The first-order valence-electron chi connectivity index (χ1n) is 8.26. The van der Waals surface area contributed by atoms with Gasteiger partial charge in [0.05, 0.1) is 18.8 Å². The van der Waals surface area contributed by atoms with Gasteiger partial charge in [0.2, 0.25) is 0 Å². The van der Waals surface area contributed by atoms with Crippen LogP contribution in [0.3, 0.4) is 0 Å². The van der Waals surface area contributed by atoms with E-state index in [0.717, 1.165) is 32.5 Å². The number of hydrogen-bond acceptors (Lipinski definition) is 4. The number of hydrogen-bond donors (Lipinski definition) is 1. The Bertz CT molecular complexity index is 506. The molecule has 1 aromatic carbocycles. The van der Waals surface area contributed by atoms with Crippen molar-refractivity contribution in [1.29, 1.82) is 0 Å². The van der Waals surface area contributed by atoms with Gasteiger partial charge in [0.25, 0.3) is 0 Å². The summed E-state index contributed by atoms with van der Waals surface area (Å²) >= 11 is 0. The molecule has 1 saturated heterocycles. The van der Waals surface area contributed by atoms with E-state index in [-0.39, 0.29) is 19.3 Å². The van der Waals surface area contributed by atoms with Crippen LogP contribution in [0.2, 0.25) is 0 Å². The average Bonchev–Trinajstić information content (AvgIpc) is 3.00. The molecule has 2 rings (SSSR count). The third kappa shape index (κ3) is 6.72. The van der Waals surface area contributed by atoms with Gasteiger partial charge >= 0.3 is 0 Å². The smallest absolute Gasteiger partial charge is 0.107 e. The van der Waals surface area contributed by atoms with Crippen molar-refractivity contribution in [2.24, 2.45) is 0 Å². The standard InChI is InChI=1S/C19H27NO3/c1-3-9-22-15-18(21)13-20(14-19-8-5-10-23-19)12-17-7-4-6-16(2)11-17/h1,4,6-7,11,18-19,21H,5,8-10,12-15H2,2H3. The fourth-order valence-electron chi connectivity index (χ4n) is 2.95. The quantitative estimate of drug-likeness (QED) is 0.559. The highest BCUT2D eigenvalue weighted by Gasteiger charge is 2.21. The lowest BCUT2D eigenvalue weighted by atomic mass is 10.1. The van der Waals surface area contributed by atoms with Crippen LogP contribution >= 0.6 is 0 Å². The lowest BCUT2D eigenvalue weighted by Gasteiger charge is -2.27. The fraction of sp³-hybridized carbons (Fsp3) is 0.579. The van der Waals surface area contributed by atoms with Crippen molar-refractivity contribution >= 4 is 0 Å². The number of nitrogens with zero attached hydrogens (tertiary/aromatic N) is 1. The van der Waals surface area contributed by atoms with Crippen molar-refractivity contribution in [3.05, 3.63) is 35.4 Å². The summed E-state index contributed by atoms with van der Waals surface area (Å²) in [6.45, 7) is 5.63. The molecule has 23 heavy (non-hydrogen) atoms. The summed E-state index contributed by atoms with van der Waals surface area (Å²) in [4.78, 5) is 2.24. The number of ether oxygens (including phenoxy) is 2. The molecule has 0 spiro atoms. The van der Waals surface area contributed by atoms with Gasteiger partial charge in [-0.15, -0.1) is 6.42 Å². The maximum atomic E-state index is 10.2. The molecule has 2 unspecified atom stereocenters. The zero-order chi connectivity index (χ0) is 16.5. The lowest BCUT2D eigenvalue weighted by molar-refractivity contribution is 0.00955. The summed E-state index contributed by atoms with van der Waals surface area (Å²) in [5, 5.41) is 10.2. The van der Waals surface area contributed by atoms with Crippen LogP contribution in [0.15, 0.2) is 24.3 Å². The Labute approximate surface area is 139 Å².